The van der Waals surface area contributed by atoms with Gasteiger partial charge in [0.15, 0.2) is 5.82 Å². The molecule has 0 atom stereocenters. The van der Waals surface area contributed by atoms with Gasteiger partial charge in [-0.2, -0.15) is 0 Å². The van der Waals surface area contributed by atoms with E-state index in [1.165, 1.54) is 0 Å². The van der Waals surface area contributed by atoms with Crippen molar-refractivity contribution in [3.05, 3.63) is 36.0 Å². The van der Waals surface area contributed by atoms with Crippen LogP contribution >= 0.6 is 0 Å². The molecule has 0 fully saturated rings. The van der Waals surface area contributed by atoms with Crippen LogP contribution in [0.5, 0.6) is 5.75 Å². The van der Waals surface area contributed by atoms with Gasteiger partial charge >= 0.3 is 0 Å². The molecule has 2 N–H and O–H groups in total. The lowest BCUT2D eigenvalue weighted by atomic mass is 10.2. The van der Waals surface area contributed by atoms with Crippen molar-refractivity contribution in [2.24, 2.45) is 0 Å². The first-order valence-corrected chi connectivity index (χ1v) is 7.14. The van der Waals surface area contributed by atoms with E-state index < -0.39 is 0 Å². The van der Waals surface area contributed by atoms with Crippen molar-refractivity contribution in [2.75, 3.05) is 11.9 Å². The molecule has 0 unspecified atom stereocenters. The van der Waals surface area contributed by atoms with Gasteiger partial charge in [0, 0.05) is 23.9 Å². The van der Waals surface area contributed by atoms with Crippen LogP contribution in [0, 0.1) is 0 Å². The number of rotatable bonds is 6. The molecule has 2 aromatic rings. The van der Waals surface area contributed by atoms with Crippen LogP contribution in [0.2, 0.25) is 0 Å². The first-order valence-electron chi connectivity index (χ1n) is 7.14. The predicted octanol–water partition coefficient (Wildman–Crippen LogP) is 3.62. The third-order valence-corrected chi connectivity index (χ3v) is 2.97. The second-order valence-corrected chi connectivity index (χ2v) is 4.79. The van der Waals surface area contributed by atoms with E-state index in [-0.39, 0.29) is 5.75 Å². The van der Waals surface area contributed by atoms with Crippen molar-refractivity contribution in [1.29, 1.82) is 0 Å². The van der Waals surface area contributed by atoms with Crippen molar-refractivity contribution < 1.29 is 5.11 Å². The number of anilines is 1. The molecular formula is C16H21N3O. The maximum absolute atomic E-state index is 9.36. The molecule has 106 valence electrons. The van der Waals surface area contributed by atoms with Gasteiger partial charge in [-0.25, -0.2) is 9.97 Å². The largest absolute Gasteiger partial charge is 0.508 e. The van der Waals surface area contributed by atoms with Gasteiger partial charge in [-0.15, -0.1) is 0 Å². The van der Waals surface area contributed by atoms with E-state index in [1.807, 2.05) is 18.2 Å². The molecule has 1 heterocycles. The molecule has 1 aromatic heterocycles. The smallest absolute Gasteiger partial charge is 0.161 e. The van der Waals surface area contributed by atoms with Crippen LogP contribution in [0.15, 0.2) is 30.3 Å². The summed E-state index contributed by atoms with van der Waals surface area (Å²) in [6, 6.07) is 9.01. The number of aryl methyl sites for hydroxylation is 1. The Kier molecular flexibility index (Phi) is 4.93. The second-order valence-electron chi connectivity index (χ2n) is 4.79. The normalized spacial score (nSPS) is 10.5. The molecule has 1 aromatic carbocycles. The van der Waals surface area contributed by atoms with E-state index in [2.05, 4.69) is 29.1 Å². The van der Waals surface area contributed by atoms with Gasteiger partial charge in [0.25, 0.3) is 0 Å². The SMILES string of the molecule is CCCNc1cc(CCC)nc(-c2ccc(O)cc2)n1. The zero-order valence-corrected chi connectivity index (χ0v) is 12.1. The van der Waals surface area contributed by atoms with Crippen LogP contribution in [0.1, 0.15) is 32.4 Å². The first-order chi connectivity index (χ1) is 9.72. The number of nitrogens with one attached hydrogen (secondary N) is 1. The fourth-order valence-corrected chi connectivity index (χ4v) is 1.96. The molecule has 0 spiro atoms. The van der Waals surface area contributed by atoms with E-state index in [9.17, 15) is 5.11 Å². The third-order valence-electron chi connectivity index (χ3n) is 2.97. The Morgan fingerprint density at radius 3 is 2.45 bits per heavy atom. The lowest BCUT2D eigenvalue weighted by Crippen LogP contribution is -2.05. The fourth-order valence-electron chi connectivity index (χ4n) is 1.96. The molecule has 2 rings (SSSR count). The molecule has 4 heteroatoms. The van der Waals surface area contributed by atoms with Crippen molar-refractivity contribution in [3.8, 4) is 17.1 Å². The lowest BCUT2D eigenvalue weighted by molar-refractivity contribution is 0.475. The Bertz CT molecular complexity index is 552. The Morgan fingerprint density at radius 1 is 1.05 bits per heavy atom. The van der Waals surface area contributed by atoms with E-state index >= 15 is 0 Å². The highest BCUT2D eigenvalue weighted by Gasteiger charge is 2.06. The number of phenols is 1. The molecule has 0 radical (unpaired) electrons. The summed E-state index contributed by atoms with van der Waals surface area (Å²) in [4.78, 5) is 9.15. The fraction of sp³-hybridized carbons (Fsp3) is 0.375. The second kappa shape index (κ2) is 6.89. The van der Waals surface area contributed by atoms with Crippen LogP contribution in [-0.4, -0.2) is 21.6 Å². The highest BCUT2D eigenvalue weighted by molar-refractivity contribution is 5.58. The van der Waals surface area contributed by atoms with Crippen molar-refractivity contribution >= 4 is 5.82 Å². The number of benzene rings is 1. The number of nitrogens with zero attached hydrogens (tertiary/aromatic N) is 2. The molecule has 0 aliphatic rings. The molecule has 20 heavy (non-hydrogen) atoms. The van der Waals surface area contributed by atoms with Gasteiger partial charge in [0.2, 0.25) is 0 Å². The van der Waals surface area contributed by atoms with E-state index in [0.717, 1.165) is 42.9 Å². The number of aromatic nitrogens is 2. The summed E-state index contributed by atoms with van der Waals surface area (Å²) in [6.45, 7) is 5.17. The zero-order valence-electron chi connectivity index (χ0n) is 12.1. The van der Waals surface area contributed by atoms with Gasteiger partial charge in [-0.3, -0.25) is 0 Å². The van der Waals surface area contributed by atoms with Gasteiger partial charge in [-0.1, -0.05) is 20.3 Å². The minimum Gasteiger partial charge on any atom is -0.508 e. The lowest BCUT2D eigenvalue weighted by Gasteiger charge is -2.09. The molecule has 0 saturated carbocycles. The highest BCUT2D eigenvalue weighted by Crippen LogP contribution is 2.21. The van der Waals surface area contributed by atoms with Crippen molar-refractivity contribution in [1.82, 2.24) is 9.97 Å². The Morgan fingerprint density at radius 2 is 1.80 bits per heavy atom. The van der Waals surface area contributed by atoms with E-state index in [0.29, 0.717) is 5.82 Å². The van der Waals surface area contributed by atoms with E-state index in [4.69, 9.17) is 0 Å². The van der Waals surface area contributed by atoms with Crippen LogP contribution in [0.4, 0.5) is 5.82 Å². The highest BCUT2D eigenvalue weighted by atomic mass is 16.3. The summed E-state index contributed by atoms with van der Waals surface area (Å²) in [6.07, 6.45) is 3.05. The van der Waals surface area contributed by atoms with Gasteiger partial charge in [0.05, 0.1) is 0 Å². The summed E-state index contributed by atoms with van der Waals surface area (Å²) >= 11 is 0. The minimum atomic E-state index is 0.253. The monoisotopic (exact) mass is 271 g/mol. The number of hydrogen-bond donors (Lipinski definition) is 2. The van der Waals surface area contributed by atoms with Gasteiger partial charge in [0.1, 0.15) is 11.6 Å². The predicted molar refractivity (Wildman–Crippen MR) is 81.9 cm³/mol. The Balaban J connectivity index is 2.34. The number of phenolic OH excluding ortho intramolecular Hbond substituents is 1. The minimum absolute atomic E-state index is 0.253. The van der Waals surface area contributed by atoms with Gasteiger partial charge in [-0.05, 0) is 37.1 Å². The zero-order chi connectivity index (χ0) is 14.4. The van der Waals surface area contributed by atoms with Crippen LogP contribution < -0.4 is 5.32 Å². The third kappa shape index (κ3) is 3.70. The molecule has 0 bridgehead atoms. The summed E-state index contributed by atoms with van der Waals surface area (Å²) < 4.78 is 0. The Labute approximate surface area is 119 Å². The molecule has 0 aliphatic carbocycles. The first kappa shape index (κ1) is 14.3. The average Bonchev–Trinajstić information content (AvgIpc) is 2.46. The van der Waals surface area contributed by atoms with E-state index in [1.54, 1.807) is 12.1 Å². The summed E-state index contributed by atoms with van der Waals surface area (Å²) in [5.41, 5.74) is 1.96. The topological polar surface area (TPSA) is 58.0 Å². The standard InChI is InChI=1S/C16H21N3O/c1-3-5-13-11-15(17-10-4-2)19-16(18-13)12-6-8-14(20)9-7-12/h6-9,11,20H,3-5,10H2,1-2H3,(H,17,18,19). The van der Waals surface area contributed by atoms with Gasteiger partial charge < -0.3 is 10.4 Å². The molecular weight excluding hydrogens is 250 g/mol. The molecule has 0 amide bonds. The van der Waals surface area contributed by atoms with Crippen LogP contribution in [-0.2, 0) is 6.42 Å². The van der Waals surface area contributed by atoms with Crippen LogP contribution in [0.3, 0.4) is 0 Å². The Hall–Kier alpha value is -2.10. The molecule has 0 aliphatic heterocycles. The molecule has 4 nitrogen and oxygen atoms in total. The average molecular weight is 271 g/mol. The summed E-state index contributed by atoms with van der Waals surface area (Å²) in [5, 5.41) is 12.7. The summed E-state index contributed by atoms with van der Waals surface area (Å²) in [7, 11) is 0. The summed E-state index contributed by atoms with van der Waals surface area (Å²) in [5.74, 6) is 1.82. The number of aromatic hydroxyl groups is 1. The quantitative estimate of drug-likeness (QED) is 0.842. The van der Waals surface area contributed by atoms with Crippen LogP contribution in [0.25, 0.3) is 11.4 Å². The maximum atomic E-state index is 9.36. The number of hydrogen-bond acceptors (Lipinski definition) is 4. The van der Waals surface area contributed by atoms with Crippen molar-refractivity contribution in [3.63, 3.8) is 0 Å². The van der Waals surface area contributed by atoms with Crippen molar-refractivity contribution in [2.45, 2.75) is 33.1 Å². The molecule has 0 saturated heterocycles. The maximum Gasteiger partial charge on any atom is 0.161 e.